The maximum absolute atomic E-state index is 10.5. The molecule has 1 aromatic carbocycles. The van der Waals surface area contributed by atoms with Crippen LogP contribution in [0.2, 0.25) is 0 Å². The van der Waals surface area contributed by atoms with Gasteiger partial charge in [-0.1, -0.05) is 0 Å². The summed E-state index contributed by atoms with van der Waals surface area (Å²) in [5.41, 5.74) is -0.292. The Morgan fingerprint density at radius 2 is 1.92 bits per heavy atom. The Kier molecular flexibility index (Phi) is 2.41. The minimum Gasteiger partial charge on any atom is -0.508 e. The summed E-state index contributed by atoms with van der Waals surface area (Å²) in [5, 5.41) is 26.7. The van der Waals surface area contributed by atoms with E-state index in [0.717, 1.165) is 6.07 Å². The van der Waals surface area contributed by atoms with Crippen molar-refractivity contribution in [2.75, 3.05) is 0 Å². The highest BCUT2D eigenvalue weighted by atomic mass is 127. The molecule has 0 saturated carbocycles. The smallest absolute Gasteiger partial charge is 0.339 e. The third kappa shape index (κ3) is 1.60. The number of carboxylic acids is 1. The van der Waals surface area contributed by atoms with Crippen LogP contribution in [-0.2, 0) is 0 Å². The van der Waals surface area contributed by atoms with E-state index in [4.69, 9.17) is 10.2 Å². The van der Waals surface area contributed by atoms with Crippen LogP contribution in [0.5, 0.6) is 11.5 Å². The van der Waals surface area contributed by atoms with E-state index >= 15 is 0 Å². The Hall–Kier alpha value is -0.980. The van der Waals surface area contributed by atoms with Gasteiger partial charge in [0.15, 0.2) is 0 Å². The van der Waals surface area contributed by atoms with E-state index in [1.807, 2.05) is 0 Å². The second-order valence-corrected chi connectivity index (χ2v) is 3.29. The summed E-state index contributed by atoms with van der Waals surface area (Å²) in [6.07, 6.45) is 0. The molecule has 0 atom stereocenters. The van der Waals surface area contributed by atoms with Crippen LogP contribution in [0.3, 0.4) is 0 Å². The first-order valence-corrected chi connectivity index (χ1v) is 4.05. The van der Waals surface area contributed by atoms with E-state index in [0.29, 0.717) is 3.57 Å². The minimum atomic E-state index is -1.26. The highest BCUT2D eigenvalue weighted by Gasteiger charge is 2.13. The van der Waals surface area contributed by atoms with Crippen molar-refractivity contribution in [3.05, 3.63) is 21.3 Å². The molecule has 0 radical (unpaired) electrons. The number of aromatic carboxylic acids is 1. The quantitative estimate of drug-likeness (QED) is 0.536. The number of hydrogen-bond acceptors (Lipinski definition) is 3. The second kappa shape index (κ2) is 3.18. The molecule has 1 aromatic rings. The fourth-order valence-corrected chi connectivity index (χ4v) is 1.36. The first kappa shape index (κ1) is 9.11. The molecular weight excluding hydrogens is 275 g/mol. The molecule has 0 aliphatic heterocycles. The van der Waals surface area contributed by atoms with Crippen LogP contribution in [0.25, 0.3) is 0 Å². The van der Waals surface area contributed by atoms with E-state index in [9.17, 15) is 9.90 Å². The molecule has 0 aliphatic carbocycles. The molecule has 0 amide bonds. The Labute approximate surface area is 81.6 Å². The van der Waals surface area contributed by atoms with Crippen LogP contribution in [0.1, 0.15) is 10.4 Å². The Morgan fingerprint density at radius 1 is 1.33 bits per heavy atom. The summed E-state index contributed by atoms with van der Waals surface area (Å²) in [5.74, 6) is -1.75. The van der Waals surface area contributed by atoms with Crippen LogP contribution in [0, 0.1) is 3.57 Å². The summed E-state index contributed by atoms with van der Waals surface area (Å²) in [7, 11) is 0. The lowest BCUT2D eigenvalue weighted by Gasteiger charge is -2.02. The topological polar surface area (TPSA) is 77.8 Å². The maximum Gasteiger partial charge on any atom is 0.339 e. The molecule has 3 N–H and O–H groups in total. The Morgan fingerprint density at radius 3 is 2.42 bits per heavy atom. The minimum absolute atomic E-state index is 0.172. The maximum atomic E-state index is 10.5. The zero-order valence-electron chi connectivity index (χ0n) is 5.78. The number of phenols is 2. The lowest BCUT2D eigenvalue weighted by molar-refractivity contribution is 0.0693. The van der Waals surface area contributed by atoms with Crippen molar-refractivity contribution in [2.45, 2.75) is 0 Å². The van der Waals surface area contributed by atoms with Gasteiger partial charge in [0.05, 0.1) is 3.57 Å². The summed E-state index contributed by atoms with van der Waals surface area (Å²) in [4.78, 5) is 10.5. The van der Waals surface area contributed by atoms with Crippen molar-refractivity contribution in [3.8, 4) is 11.5 Å². The molecule has 0 unspecified atom stereocenters. The lowest BCUT2D eigenvalue weighted by Crippen LogP contribution is -1.97. The number of phenolic OH excluding ortho intramolecular Hbond substituents is 1. The predicted octanol–water partition coefficient (Wildman–Crippen LogP) is 1.40. The normalized spacial score (nSPS) is 9.75. The van der Waals surface area contributed by atoms with Gasteiger partial charge in [0.2, 0.25) is 0 Å². The van der Waals surface area contributed by atoms with Crippen molar-refractivity contribution < 1.29 is 20.1 Å². The summed E-state index contributed by atoms with van der Waals surface area (Å²) >= 11 is 1.74. The number of carboxylic acid groups (broad SMARTS) is 1. The third-order valence-electron chi connectivity index (χ3n) is 1.28. The Balaban J connectivity index is 3.37. The lowest BCUT2D eigenvalue weighted by atomic mass is 10.2. The molecule has 0 heterocycles. The fourth-order valence-electron chi connectivity index (χ4n) is 0.748. The van der Waals surface area contributed by atoms with Gasteiger partial charge < -0.3 is 15.3 Å². The zero-order chi connectivity index (χ0) is 9.30. The van der Waals surface area contributed by atoms with Gasteiger partial charge in [0.25, 0.3) is 0 Å². The zero-order valence-corrected chi connectivity index (χ0v) is 7.94. The molecule has 0 fully saturated rings. The van der Waals surface area contributed by atoms with Crippen molar-refractivity contribution in [3.63, 3.8) is 0 Å². The molecule has 12 heavy (non-hydrogen) atoms. The average molecular weight is 280 g/mol. The van der Waals surface area contributed by atoms with E-state index in [1.165, 1.54) is 6.07 Å². The molecule has 0 aromatic heterocycles. The van der Waals surface area contributed by atoms with Crippen molar-refractivity contribution in [1.29, 1.82) is 0 Å². The van der Waals surface area contributed by atoms with E-state index in [2.05, 4.69) is 0 Å². The van der Waals surface area contributed by atoms with Gasteiger partial charge in [0, 0.05) is 0 Å². The van der Waals surface area contributed by atoms with E-state index < -0.39 is 5.97 Å². The van der Waals surface area contributed by atoms with Gasteiger partial charge in [-0.25, -0.2) is 4.79 Å². The molecule has 64 valence electrons. The number of halogens is 1. The highest BCUT2D eigenvalue weighted by Crippen LogP contribution is 2.28. The molecule has 0 bridgehead atoms. The number of hydrogen-bond donors (Lipinski definition) is 3. The fraction of sp³-hybridized carbons (Fsp3) is 0. The van der Waals surface area contributed by atoms with Gasteiger partial charge in [-0.3, -0.25) is 0 Å². The second-order valence-electron chi connectivity index (χ2n) is 2.13. The number of benzene rings is 1. The van der Waals surface area contributed by atoms with Gasteiger partial charge in [-0.05, 0) is 34.7 Å². The van der Waals surface area contributed by atoms with Crippen molar-refractivity contribution in [2.24, 2.45) is 0 Å². The van der Waals surface area contributed by atoms with Crippen molar-refractivity contribution >= 4 is 28.6 Å². The van der Waals surface area contributed by atoms with Crippen LogP contribution >= 0.6 is 22.6 Å². The summed E-state index contributed by atoms with van der Waals surface area (Å²) in [6, 6.07) is 2.28. The SMILES string of the molecule is O=C(O)c1cc(O)cc(I)c1O. The standard InChI is InChI=1S/C7H5IO4/c8-5-2-3(9)1-4(6(5)10)7(11)12/h1-2,9-10H,(H,11,12). The molecule has 1 rings (SSSR count). The first-order valence-electron chi connectivity index (χ1n) is 2.97. The monoisotopic (exact) mass is 280 g/mol. The molecular formula is C7H5IO4. The van der Waals surface area contributed by atoms with Gasteiger partial charge in [-0.2, -0.15) is 0 Å². The largest absolute Gasteiger partial charge is 0.508 e. The van der Waals surface area contributed by atoms with Crippen LogP contribution in [-0.4, -0.2) is 21.3 Å². The first-order chi connectivity index (χ1) is 5.52. The summed E-state index contributed by atoms with van der Waals surface area (Å²) < 4.78 is 0.310. The van der Waals surface area contributed by atoms with Gasteiger partial charge >= 0.3 is 5.97 Å². The van der Waals surface area contributed by atoms with Crippen LogP contribution in [0.15, 0.2) is 12.1 Å². The molecule has 0 spiro atoms. The van der Waals surface area contributed by atoms with Crippen LogP contribution < -0.4 is 0 Å². The Bertz CT molecular complexity index is 334. The molecule has 5 heteroatoms. The van der Waals surface area contributed by atoms with Crippen LogP contribution in [0.4, 0.5) is 0 Å². The van der Waals surface area contributed by atoms with E-state index in [-0.39, 0.29) is 17.1 Å². The third-order valence-corrected chi connectivity index (χ3v) is 2.10. The van der Waals surface area contributed by atoms with Crippen molar-refractivity contribution in [1.82, 2.24) is 0 Å². The molecule has 0 aliphatic rings. The predicted molar refractivity (Wildman–Crippen MR) is 49.4 cm³/mol. The molecule has 0 saturated heterocycles. The van der Waals surface area contributed by atoms with Gasteiger partial charge in [-0.15, -0.1) is 0 Å². The molecule has 4 nitrogen and oxygen atoms in total. The summed E-state index contributed by atoms with van der Waals surface area (Å²) in [6.45, 7) is 0. The number of carbonyl (C=O) groups is 1. The number of aromatic hydroxyl groups is 2. The average Bonchev–Trinajstić information content (AvgIpc) is 1.96. The van der Waals surface area contributed by atoms with Gasteiger partial charge in [0.1, 0.15) is 17.1 Å². The van der Waals surface area contributed by atoms with E-state index in [1.54, 1.807) is 22.6 Å². The highest BCUT2D eigenvalue weighted by molar-refractivity contribution is 14.1. The number of rotatable bonds is 1.